The first kappa shape index (κ1) is 15.4. The molecule has 2 unspecified atom stereocenters. The summed E-state index contributed by atoms with van der Waals surface area (Å²) in [5.41, 5.74) is 6.31. The van der Waals surface area contributed by atoms with Gasteiger partial charge in [0.25, 0.3) is 5.91 Å². The third kappa shape index (κ3) is 3.37. The first-order valence-corrected chi connectivity index (χ1v) is 7.42. The van der Waals surface area contributed by atoms with Crippen molar-refractivity contribution in [2.24, 2.45) is 11.8 Å². The summed E-state index contributed by atoms with van der Waals surface area (Å²) in [7, 11) is 0. The van der Waals surface area contributed by atoms with E-state index in [1.54, 1.807) is 0 Å². The smallest absolute Gasteiger partial charge is 0.251 e. The molecule has 0 saturated heterocycles. The second-order valence-corrected chi connectivity index (χ2v) is 6.01. The van der Waals surface area contributed by atoms with Crippen LogP contribution in [-0.2, 0) is 0 Å². The summed E-state index contributed by atoms with van der Waals surface area (Å²) in [5.74, 6) is 0.398. The molecule has 1 fully saturated rings. The normalized spacial score (nSPS) is 21.9. The number of carbonyl (C=O) groups is 1. The van der Waals surface area contributed by atoms with Gasteiger partial charge in [0.15, 0.2) is 0 Å². The van der Waals surface area contributed by atoms with Crippen molar-refractivity contribution in [1.82, 2.24) is 5.32 Å². The fourth-order valence-corrected chi connectivity index (χ4v) is 3.15. The summed E-state index contributed by atoms with van der Waals surface area (Å²) >= 11 is 11.8. The van der Waals surface area contributed by atoms with Crippen molar-refractivity contribution in [3.63, 3.8) is 0 Å². The summed E-state index contributed by atoms with van der Waals surface area (Å²) in [4.78, 5) is 12.1. The highest BCUT2D eigenvalue weighted by Crippen LogP contribution is 2.31. The number of hydrogen-bond acceptors (Lipinski definition) is 3. The number of aliphatic hydroxyl groups excluding tert-OH is 1. The van der Waals surface area contributed by atoms with Crippen LogP contribution >= 0.6 is 23.2 Å². The molecule has 4 N–H and O–H groups in total. The van der Waals surface area contributed by atoms with Gasteiger partial charge in [-0.2, -0.15) is 0 Å². The highest BCUT2D eigenvalue weighted by molar-refractivity contribution is 6.39. The van der Waals surface area contributed by atoms with Gasteiger partial charge in [-0.25, -0.2) is 0 Å². The van der Waals surface area contributed by atoms with Crippen LogP contribution in [0.3, 0.4) is 0 Å². The van der Waals surface area contributed by atoms with E-state index in [9.17, 15) is 9.90 Å². The summed E-state index contributed by atoms with van der Waals surface area (Å²) in [6, 6.07) is 3.02. The summed E-state index contributed by atoms with van der Waals surface area (Å²) in [5, 5.41) is 12.7. The molecule has 0 radical (unpaired) electrons. The Hall–Kier alpha value is -0.970. The number of aliphatic hydroxyl groups is 1. The molecule has 0 spiro atoms. The Labute approximate surface area is 128 Å². The molecule has 1 amide bonds. The standard InChI is InChI=1S/C14H18Cl2N2O2/c15-11-4-10(5-12(16)13(11)17)14(20)18-6-8-2-1-3-9(8)7-19/h4-5,8-9,19H,1-3,6-7,17H2,(H,18,20). The first-order chi connectivity index (χ1) is 9.52. The summed E-state index contributed by atoms with van der Waals surface area (Å²) in [6.45, 7) is 0.740. The molecule has 1 aliphatic rings. The molecule has 6 heteroatoms. The lowest BCUT2D eigenvalue weighted by Gasteiger charge is -2.18. The van der Waals surface area contributed by atoms with Crippen LogP contribution in [0.15, 0.2) is 12.1 Å². The van der Waals surface area contributed by atoms with Crippen molar-refractivity contribution < 1.29 is 9.90 Å². The largest absolute Gasteiger partial charge is 0.396 e. The average Bonchev–Trinajstić information content (AvgIpc) is 2.89. The summed E-state index contributed by atoms with van der Waals surface area (Å²) < 4.78 is 0. The summed E-state index contributed by atoms with van der Waals surface area (Å²) in [6.07, 6.45) is 3.16. The molecule has 1 saturated carbocycles. The monoisotopic (exact) mass is 316 g/mol. The molecule has 110 valence electrons. The molecule has 1 aromatic rings. The maximum atomic E-state index is 12.1. The quantitative estimate of drug-likeness (QED) is 0.748. The van der Waals surface area contributed by atoms with Gasteiger partial charge in [-0.1, -0.05) is 29.6 Å². The average molecular weight is 317 g/mol. The van der Waals surface area contributed by atoms with Crippen LogP contribution in [0.25, 0.3) is 0 Å². The molecule has 0 heterocycles. The number of hydrogen-bond donors (Lipinski definition) is 3. The van der Waals surface area contributed by atoms with Gasteiger partial charge in [-0.3, -0.25) is 4.79 Å². The number of carbonyl (C=O) groups excluding carboxylic acids is 1. The third-order valence-corrected chi connectivity index (χ3v) is 4.54. The Morgan fingerprint density at radius 1 is 1.30 bits per heavy atom. The maximum Gasteiger partial charge on any atom is 0.251 e. The number of amides is 1. The van der Waals surface area contributed by atoms with Crippen LogP contribution in [0.2, 0.25) is 10.0 Å². The van der Waals surface area contributed by atoms with E-state index in [1.807, 2.05) is 0 Å². The van der Waals surface area contributed by atoms with Crippen LogP contribution in [-0.4, -0.2) is 24.2 Å². The predicted octanol–water partition coefficient (Wildman–Crippen LogP) is 2.71. The van der Waals surface area contributed by atoms with E-state index < -0.39 is 0 Å². The van der Waals surface area contributed by atoms with Crippen molar-refractivity contribution in [1.29, 1.82) is 0 Å². The molecule has 2 rings (SSSR count). The highest BCUT2D eigenvalue weighted by Gasteiger charge is 2.26. The minimum Gasteiger partial charge on any atom is -0.396 e. The van der Waals surface area contributed by atoms with Crippen LogP contribution in [0.5, 0.6) is 0 Å². The minimum absolute atomic E-state index is 0.181. The van der Waals surface area contributed by atoms with Gasteiger partial charge < -0.3 is 16.2 Å². The molecule has 0 bridgehead atoms. The molecule has 4 nitrogen and oxygen atoms in total. The number of rotatable bonds is 4. The van der Waals surface area contributed by atoms with Gasteiger partial charge in [-0.05, 0) is 36.8 Å². The zero-order chi connectivity index (χ0) is 14.7. The number of benzene rings is 1. The number of nitrogen functional groups attached to an aromatic ring is 1. The highest BCUT2D eigenvalue weighted by atomic mass is 35.5. The zero-order valence-electron chi connectivity index (χ0n) is 11.0. The Bertz CT molecular complexity index is 485. The maximum absolute atomic E-state index is 12.1. The van der Waals surface area contributed by atoms with Crippen LogP contribution in [0.4, 0.5) is 5.69 Å². The van der Waals surface area contributed by atoms with Gasteiger partial charge in [0.05, 0.1) is 15.7 Å². The SMILES string of the molecule is Nc1c(Cl)cc(C(=O)NCC2CCCC2CO)cc1Cl. The van der Waals surface area contributed by atoms with Gasteiger partial charge in [0, 0.05) is 18.7 Å². The van der Waals surface area contributed by atoms with Crippen molar-refractivity contribution in [2.75, 3.05) is 18.9 Å². The fourth-order valence-electron chi connectivity index (χ4n) is 2.66. The Morgan fingerprint density at radius 3 is 2.50 bits per heavy atom. The third-order valence-electron chi connectivity index (χ3n) is 3.92. The van der Waals surface area contributed by atoms with Gasteiger partial charge >= 0.3 is 0 Å². The van der Waals surface area contributed by atoms with E-state index in [1.165, 1.54) is 12.1 Å². The van der Waals surface area contributed by atoms with E-state index in [0.717, 1.165) is 19.3 Å². The predicted molar refractivity (Wildman–Crippen MR) is 81.1 cm³/mol. The zero-order valence-corrected chi connectivity index (χ0v) is 12.5. The molecule has 0 aromatic heterocycles. The van der Waals surface area contributed by atoms with Crippen molar-refractivity contribution in [3.8, 4) is 0 Å². The topological polar surface area (TPSA) is 75.4 Å². The molecule has 2 atom stereocenters. The number of anilines is 1. The van der Waals surface area contributed by atoms with Gasteiger partial charge in [-0.15, -0.1) is 0 Å². The number of nitrogens with two attached hydrogens (primary N) is 1. The Kier molecular flexibility index (Phi) is 5.13. The lowest BCUT2D eigenvalue weighted by molar-refractivity contribution is 0.0938. The molecule has 1 aliphatic carbocycles. The fraction of sp³-hybridized carbons (Fsp3) is 0.500. The molecule has 20 heavy (non-hydrogen) atoms. The first-order valence-electron chi connectivity index (χ1n) is 6.66. The lowest BCUT2D eigenvalue weighted by Crippen LogP contribution is -2.31. The van der Waals surface area contributed by atoms with E-state index in [4.69, 9.17) is 28.9 Å². The van der Waals surface area contributed by atoms with Crippen LogP contribution < -0.4 is 11.1 Å². The van der Waals surface area contributed by atoms with Crippen molar-refractivity contribution in [3.05, 3.63) is 27.7 Å². The van der Waals surface area contributed by atoms with Gasteiger partial charge in [0.1, 0.15) is 0 Å². The Balaban J connectivity index is 1.98. The van der Waals surface area contributed by atoms with Crippen molar-refractivity contribution in [2.45, 2.75) is 19.3 Å². The number of halogens is 2. The molecular weight excluding hydrogens is 299 g/mol. The molecule has 1 aromatic carbocycles. The van der Waals surface area contributed by atoms with E-state index in [0.29, 0.717) is 18.0 Å². The Morgan fingerprint density at radius 2 is 1.90 bits per heavy atom. The second kappa shape index (κ2) is 6.66. The molecular formula is C14H18Cl2N2O2. The number of nitrogens with one attached hydrogen (secondary N) is 1. The van der Waals surface area contributed by atoms with E-state index in [2.05, 4.69) is 5.32 Å². The lowest BCUT2D eigenvalue weighted by atomic mass is 9.97. The van der Waals surface area contributed by atoms with E-state index in [-0.39, 0.29) is 34.2 Å². The van der Waals surface area contributed by atoms with Gasteiger partial charge in [0.2, 0.25) is 0 Å². The van der Waals surface area contributed by atoms with Crippen LogP contribution in [0.1, 0.15) is 29.6 Å². The molecule has 0 aliphatic heterocycles. The minimum atomic E-state index is -0.225. The van der Waals surface area contributed by atoms with E-state index >= 15 is 0 Å². The van der Waals surface area contributed by atoms with Crippen molar-refractivity contribution >= 4 is 34.8 Å². The second-order valence-electron chi connectivity index (χ2n) is 5.20. The van der Waals surface area contributed by atoms with Crippen LogP contribution in [0, 0.1) is 11.8 Å².